The molecule has 0 bridgehead atoms. The molecule has 2 amide bonds. The predicted octanol–water partition coefficient (Wildman–Crippen LogP) is 14.2. The number of carbonyl (C=O) groups excluding carboxylic acids is 2. The molecule has 9 rings (SSSR count). The van der Waals surface area contributed by atoms with Crippen LogP contribution in [0, 0.1) is 11.8 Å². The summed E-state index contributed by atoms with van der Waals surface area (Å²) >= 11 is 10.5. The smallest absolute Gasteiger partial charge is 0.260 e. The molecule has 308 valence electrons. The number of amides is 2. The maximum Gasteiger partial charge on any atom is 0.260 e. The summed E-state index contributed by atoms with van der Waals surface area (Å²) in [5, 5.41) is 6.16. The van der Waals surface area contributed by atoms with Crippen molar-refractivity contribution in [3.8, 4) is 39.0 Å². The third kappa shape index (κ3) is 8.00. The van der Waals surface area contributed by atoms with Crippen LogP contribution in [0.25, 0.3) is 50.2 Å². The second kappa shape index (κ2) is 18.2. The number of anilines is 2. The van der Waals surface area contributed by atoms with Crippen LogP contribution in [0.3, 0.4) is 0 Å². The van der Waals surface area contributed by atoms with Crippen molar-refractivity contribution in [1.29, 1.82) is 0 Å². The van der Waals surface area contributed by atoms with Crippen LogP contribution in [0.2, 0.25) is 0 Å². The highest BCUT2D eigenvalue weighted by Gasteiger charge is 2.38. The molecule has 0 fully saturated rings. The molecule has 0 radical (unpaired) electrons. The number of carbonyl (C=O) groups is 2. The Morgan fingerprint density at radius 2 is 0.817 bits per heavy atom. The normalized spacial score (nSPS) is 14.8. The molecule has 6 aromatic heterocycles. The van der Waals surface area contributed by atoms with Gasteiger partial charge < -0.3 is 9.80 Å². The van der Waals surface area contributed by atoms with Gasteiger partial charge in [0.2, 0.25) is 0 Å². The molecule has 2 aliphatic rings. The van der Waals surface area contributed by atoms with Crippen molar-refractivity contribution in [3.63, 3.8) is 0 Å². The van der Waals surface area contributed by atoms with Gasteiger partial charge in [0.15, 0.2) is 0 Å². The molecule has 0 spiro atoms. The topological polar surface area (TPSA) is 40.6 Å². The first-order chi connectivity index (χ1) is 29.4. The van der Waals surface area contributed by atoms with Gasteiger partial charge in [0.05, 0.1) is 22.5 Å². The van der Waals surface area contributed by atoms with Crippen molar-refractivity contribution in [2.24, 2.45) is 11.8 Å². The first-order valence-electron chi connectivity index (χ1n) is 21.4. The van der Waals surface area contributed by atoms with Crippen molar-refractivity contribution in [1.82, 2.24) is 0 Å². The largest absolute Gasteiger partial charge is 0.307 e. The number of fused-ring (bicyclic) bond motifs is 2. The summed E-state index contributed by atoms with van der Waals surface area (Å²) in [7, 11) is 0. The van der Waals surface area contributed by atoms with E-state index in [2.05, 4.69) is 133 Å². The molecule has 0 aliphatic carbocycles. The summed E-state index contributed by atoms with van der Waals surface area (Å²) in [6.07, 6.45) is 8.78. The van der Waals surface area contributed by atoms with E-state index in [0.717, 1.165) is 94.1 Å². The summed E-state index contributed by atoms with van der Waals surface area (Å²) in [6, 6.07) is 30.5. The zero-order valence-electron chi connectivity index (χ0n) is 34.6. The molecule has 0 saturated heterocycles. The molecule has 10 heteroatoms. The van der Waals surface area contributed by atoms with Gasteiger partial charge in [-0.2, -0.15) is 0 Å². The van der Waals surface area contributed by atoms with Crippen molar-refractivity contribution in [2.75, 3.05) is 22.9 Å². The van der Waals surface area contributed by atoms with Gasteiger partial charge in [0, 0.05) is 72.3 Å². The summed E-state index contributed by atoms with van der Waals surface area (Å²) < 4.78 is 0. The van der Waals surface area contributed by atoms with Gasteiger partial charge in [-0.1, -0.05) is 78.4 Å². The van der Waals surface area contributed by atoms with Crippen LogP contribution in [0.1, 0.15) is 88.8 Å². The predicted molar refractivity (Wildman–Crippen MR) is 264 cm³/mol. The lowest BCUT2D eigenvalue weighted by atomic mass is 9.98. The SMILES string of the molecule is CCCCC(CC)CN1C(=O)C(c2ccc(-c3ccc(-c4cccs4)s3)s2)=c2cc3c(cc21)=C(c1ccc(-c2ccc(-c4cccs4)s2)s1)C(=O)N3CC(CC)CCCC. The fraction of sp³-hybridized carbons (Fsp3) is 0.320. The van der Waals surface area contributed by atoms with Gasteiger partial charge >= 0.3 is 0 Å². The molecular formula is C50H50N2O2S6. The van der Waals surface area contributed by atoms with E-state index >= 15 is 9.59 Å². The van der Waals surface area contributed by atoms with E-state index in [1.54, 1.807) is 68.0 Å². The Kier molecular flexibility index (Phi) is 12.6. The van der Waals surface area contributed by atoms with Gasteiger partial charge in [-0.3, -0.25) is 9.59 Å². The molecule has 4 nitrogen and oxygen atoms in total. The Balaban J connectivity index is 1.18. The van der Waals surface area contributed by atoms with Crippen molar-refractivity contribution in [3.05, 3.63) is 116 Å². The summed E-state index contributed by atoms with van der Waals surface area (Å²) in [5.41, 5.74) is 3.41. The second-order valence-electron chi connectivity index (χ2n) is 15.9. The summed E-state index contributed by atoms with van der Waals surface area (Å²) in [5.74, 6) is 0.943. The van der Waals surface area contributed by atoms with Crippen LogP contribution in [-0.2, 0) is 9.59 Å². The minimum atomic E-state index is 0.0777. The average molecular weight is 903 g/mol. The lowest BCUT2D eigenvalue weighted by molar-refractivity contribution is -0.114. The molecule has 8 heterocycles. The van der Waals surface area contributed by atoms with E-state index < -0.39 is 0 Å². The van der Waals surface area contributed by atoms with Gasteiger partial charge in [0.25, 0.3) is 11.8 Å². The van der Waals surface area contributed by atoms with Crippen molar-refractivity contribution in [2.45, 2.75) is 79.1 Å². The molecule has 60 heavy (non-hydrogen) atoms. The van der Waals surface area contributed by atoms with E-state index in [9.17, 15) is 0 Å². The van der Waals surface area contributed by atoms with Crippen LogP contribution >= 0.6 is 68.0 Å². The number of benzene rings is 1. The van der Waals surface area contributed by atoms with E-state index in [-0.39, 0.29) is 11.8 Å². The summed E-state index contributed by atoms with van der Waals surface area (Å²) in [6.45, 7) is 10.3. The van der Waals surface area contributed by atoms with E-state index in [1.165, 1.54) is 39.0 Å². The third-order valence-corrected chi connectivity index (χ3v) is 18.9. The molecule has 2 unspecified atom stereocenters. The number of unbranched alkanes of at least 4 members (excludes halogenated alkanes) is 2. The number of hydrogen-bond acceptors (Lipinski definition) is 8. The maximum absolute atomic E-state index is 15.0. The first-order valence-corrected chi connectivity index (χ1v) is 26.5. The number of rotatable bonds is 18. The maximum atomic E-state index is 15.0. The molecule has 2 atom stereocenters. The van der Waals surface area contributed by atoms with Gasteiger partial charge in [-0.25, -0.2) is 0 Å². The molecular weight excluding hydrogens is 853 g/mol. The highest BCUT2D eigenvalue weighted by Crippen LogP contribution is 2.44. The Morgan fingerprint density at radius 3 is 1.15 bits per heavy atom. The molecule has 2 aliphatic heterocycles. The van der Waals surface area contributed by atoms with Crippen LogP contribution < -0.4 is 20.2 Å². The number of thiophene rings is 6. The standard InChI is InChI=1S/C50H50N2O2S6/c1-5-9-13-31(7-3)29-51-35-27-34-36(28-33(35)47(49(51)53)45-23-21-43(59-45)41-19-17-39(57-41)37-15-11-25-55-37)52(30-32(8-4)14-10-6-2)50(54)48(34)46-24-22-44(60-46)42-20-18-40(58-42)38-16-12-26-56-38/h11-12,15-28,31-32H,5-10,13-14,29-30H2,1-4H3. The second-order valence-corrected chi connectivity index (χ2v) is 22.1. The minimum Gasteiger partial charge on any atom is -0.307 e. The Hall–Kier alpha value is -3.90. The fourth-order valence-electron chi connectivity index (χ4n) is 8.59. The Labute approximate surface area is 377 Å². The summed E-state index contributed by atoms with van der Waals surface area (Å²) in [4.78, 5) is 46.0. The van der Waals surface area contributed by atoms with Crippen LogP contribution in [0.5, 0.6) is 0 Å². The fourth-order valence-corrected chi connectivity index (χ4v) is 14.6. The first kappa shape index (κ1) is 41.5. The Bertz CT molecular complexity index is 2550. The van der Waals surface area contributed by atoms with Gasteiger partial charge in [0.1, 0.15) is 0 Å². The van der Waals surface area contributed by atoms with Crippen LogP contribution in [0.15, 0.2) is 95.7 Å². The molecule has 1 aromatic carbocycles. The van der Waals surface area contributed by atoms with Crippen LogP contribution in [-0.4, -0.2) is 24.9 Å². The van der Waals surface area contributed by atoms with E-state index in [0.29, 0.717) is 24.9 Å². The molecule has 7 aromatic rings. The van der Waals surface area contributed by atoms with E-state index in [4.69, 9.17) is 0 Å². The van der Waals surface area contributed by atoms with Crippen molar-refractivity contribution < 1.29 is 9.59 Å². The van der Waals surface area contributed by atoms with Crippen LogP contribution in [0.4, 0.5) is 11.4 Å². The molecule has 0 saturated carbocycles. The lowest BCUT2D eigenvalue weighted by Crippen LogP contribution is -2.35. The third-order valence-electron chi connectivity index (χ3n) is 12.1. The molecule has 0 N–H and O–H groups in total. The number of hydrogen-bond donors (Lipinski definition) is 0. The Morgan fingerprint density at radius 1 is 0.467 bits per heavy atom. The van der Waals surface area contributed by atoms with Gasteiger partial charge in [-0.05, 0) is 108 Å². The zero-order chi connectivity index (χ0) is 41.3. The van der Waals surface area contributed by atoms with Gasteiger partial charge in [-0.15, -0.1) is 68.0 Å². The lowest BCUT2D eigenvalue weighted by Gasteiger charge is -2.26. The highest BCUT2D eigenvalue weighted by molar-refractivity contribution is 7.27. The zero-order valence-corrected chi connectivity index (χ0v) is 39.5. The highest BCUT2D eigenvalue weighted by atomic mass is 32.1. The number of nitrogens with zero attached hydrogens (tertiary/aromatic N) is 2. The monoisotopic (exact) mass is 902 g/mol. The quantitative estimate of drug-likeness (QED) is 0.0861. The van der Waals surface area contributed by atoms with E-state index in [1.807, 2.05) is 0 Å². The van der Waals surface area contributed by atoms with Crippen molar-refractivity contribution >= 4 is 102 Å². The minimum absolute atomic E-state index is 0.0777. The average Bonchev–Trinajstić information content (AvgIpc) is 4.11.